The van der Waals surface area contributed by atoms with Crippen LogP contribution < -0.4 is 5.32 Å². The number of hydrogen-bond donors (Lipinski definition) is 1. The lowest BCUT2D eigenvalue weighted by Gasteiger charge is -2.38. The van der Waals surface area contributed by atoms with Crippen LogP contribution in [0.15, 0.2) is 4.99 Å². The van der Waals surface area contributed by atoms with E-state index in [1.54, 1.807) is 19.0 Å². The molecule has 0 atom stereocenters. The average molecular weight is 437 g/mol. The Bertz CT molecular complexity index is 606. The molecule has 2 heterocycles. The van der Waals surface area contributed by atoms with Gasteiger partial charge in [-0.1, -0.05) is 19.3 Å². The third-order valence-electron chi connectivity index (χ3n) is 6.53. The Labute approximate surface area is 186 Å². The van der Waals surface area contributed by atoms with Crippen molar-refractivity contribution in [2.45, 2.75) is 32.1 Å². The van der Waals surface area contributed by atoms with Crippen molar-refractivity contribution in [1.82, 2.24) is 24.9 Å². The molecule has 31 heavy (non-hydrogen) atoms. The maximum atomic E-state index is 12.5. The normalized spacial score (nSPS) is 21.8. The van der Waals surface area contributed by atoms with E-state index in [-0.39, 0.29) is 18.4 Å². The molecular formula is C22H40N6O3. The summed E-state index contributed by atoms with van der Waals surface area (Å²) in [4.78, 5) is 37.2. The molecule has 2 aliphatic heterocycles. The lowest BCUT2D eigenvalue weighted by atomic mass is 9.89. The molecule has 2 saturated heterocycles. The molecule has 3 aliphatic rings. The number of nitrogens with one attached hydrogen (secondary N) is 1. The predicted molar refractivity (Wildman–Crippen MR) is 121 cm³/mol. The van der Waals surface area contributed by atoms with E-state index in [4.69, 9.17) is 4.74 Å². The summed E-state index contributed by atoms with van der Waals surface area (Å²) in [6, 6.07) is 0. The van der Waals surface area contributed by atoms with Crippen LogP contribution in [-0.2, 0) is 14.3 Å². The van der Waals surface area contributed by atoms with Crippen molar-refractivity contribution in [3.05, 3.63) is 0 Å². The molecule has 0 aromatic carbocycles. The first-order valence-electron chi connectivity index (χ1n) is 11.8. The van der Waals surface area contributed by atoms with Crippen molar-refractivity contribution in [2.75, 3.05) is 86.2 Å². The van der Waals surface area contributed by atoms with Crippen LogP contribution in [0, 0.1) is 5.92 Å². The Morgan fingerprint density at radius 2 is 1.65 bits per heavy atom. The number of amides is 2. The van der Waals surface area contributed by atoms with Crippen LogP contribution in [0.25, 0.3) is 0 Å². The number of piperazine rings is 1. The zero-order chi connectivity index (χ0) is 22.1. The second-order valence-corrected chi connectivity index (χ2v) is 9.07. The van der Waals surface area contributed by atoms with Gasteiger partial charge < -0.3 is 24.8 Å². The molecule has 2 amide bonds. The first-order valence-corrected chi connectivity index (χ1v) is 11.8. The maximum Gasteiger partial charge on any atom is 0.243 e. The highest BCUT2D eigenvalue weighted by Gasteiger charge is 2.25. The van der Waals surface area contributed by atoms with Crippen molar-refractivity contribution in [1.29, 1.82) is 0 Å². The minimum Gasteiger partial charge on any atom is -0.378 e. The average Bonchev–Trinajstić information content (AvgIpc) is 2.80. The van der Waals surface area contributed by atoms with Gasteiger partial charge in [-0.15, -0.1) is 0 Å². The van der Waals surface area contributed by atoms with Crippen molar-refractivity contribution in [3.8, 4) is 0 Å². The van der Waals surface area contributed by atoms with Crippen molar-refractivity contribution in [2.24, 2.45) is 10.9 Å². The minimum atomic E-state index is 0.00621. The first kappa shape index (κ1) is 23.8. The fourth-order valence-electron chi connectivity index (χ4n) is 4.40. The van der Waals surface area contributed by atoms with Gasteiger partial charge in [0.15, 0.2) is 5.96 Å². The Balaban J connectivity index is 1.50. The lowest BCUT2D eigenvalue weighted by molar-refractivity contribution is -0.136. The van der Waals surface area contributed by atoms with Crippen LogP contribution in [0.5, 0.6) is 0 Å². The highest BCUT2D eigenvalue weighted by Crippen LogP contribution is 2.22. The summed E-state index contributed by atoms with van der Waals surface area (Å²) in [6.07, 6.45) is 6.52. The summed E-state index contributed by atoms with van der Waals surface area (Å²) in [7, 11) is 3.52. The summed E-state index contributed by atoms with van der Waals surface area (Å²) < 4.78 is 5.34. The SMILES string of the molecule is CN(C)C(=O)CN=C(NCC1CCCCC1)N1CCN(CC(=O)N2CCOCC2)CC1. The molecule has 9 heteroatoms. The van der Waals surface area contributed by atoms with Gasteiger partial charge in [0.1, 0.15) is 6.54 Å². The van der Waals surface area contributed by atoms with E-state index >= 15 is 0 Å². The van der Waals surface area contributed by atoms with E-state index in [2.05, 4.69) is 20.1 Å². The van der Waals surface area contributed by atoms with Crippen LogP contribution in [0.1, 0.15) is 32.1 Å². The van der Waals surface area contributed by atoms with Gasteiger partial charge in [0.05, 0.1) is 19.8 Å². The minimum absolute atomic E-state index is 0.00621. The third kappa shape index (κ3) is 7.64. The van der Waals surface area contributed by atoms with Gasteiger partial charge in [-0.25, -0.2) is 4.99 Å². The number of likely N-dealkylation sites (N-methyl/N-ethyl adjacent to an activating group) is 1. The van der Waals surface area contributed by atoms with E-state index in [0.717, 1.165) is 38.7 Å². The second kappa shape index (κ2) is 12.2. The summed E-state index contributed by atoms with van der Waals surface area (Å²) in [5.74, 6) is 1.72. The number of nitrogens with zero attached hydrogens (tertiary/aromatic N) is 5. The predicted octanol–water partition coefficient (Wildman–Crippen LogP) is 0.0769. The van der Waals surface area contributed by atoms with Gasteiger partial charge in [-0.2, -0.15) is 0 Å². The highest BCUT2D eigenvalue weighted by molar-refractivity contribution is 5.85. The summed E-state index contributed by atoms with van der Waals surface area (Å²) in [6.45, 7) is 7.47. The summed E-state index contributed by atoms with van der Waals surface area (Å²) in [5, 5.41) is 3.56. The Morgan fingerprint density at radius 3 is 2.29 bits per heavy atom. The topological polar surface area (TPSA) is 80.7 Å². The molecule has 0 aromatic rings. The number of carbonyl (C=O) groups excluding carboxylic acids is 2. The van der Waals surface area contributed by atoms with Gasteiger partial charge in [-0.05, 0) is 18.8 Å². The molecule has 0 aromatic heterocycles. The standard InChI is InChI=1S/C22H40N6O3/c1-25(2)20(29)17-24-22(23-16-19-6-4-3-5-7-19)28-10-8-26(9-11-28)18-21(30)27-12-14-31-15-13-27/h19H,3-18H2,1-2H3,(H,23,24). The number of aliphatic imine (C=N–C) groups is 1. The molecule has 0 radical (unpaired) electrons. The van der Waals surface area contributed by atoms with E-state index in [0.29, 0.717) is 38.8 Å². The number of morpholine rings is 1. The van der Waals surface area contributed by atoms with Crippen LogP contribution in [0.3, 0.4) is 0 Å². The van der Waals surface area contributed by atoms with Crippen LogP contribution in [0.4, 0.5) is 0 Å². The quantitative estimate of drug-likeness (QED) is 0.469. The van der Waals surface area contributed by atoms with Gasteiger partial charge in [-0.3, -0.25) is 14.5 Å². The second-order valence-electron chi connectivity index (χ2n) is 9.07. The fraction of sp³-hybridized carbons (Fsp3) is 0.864. The number of guanidine groups is 1. The molecule has 1 aliphatic carbocycles. The molecule has 1 N–H and O–H groups in total. The molecule has 0 spiro atoms. The highest BCUT2D eigenvalue weighted by atomic mass is 16.5. The summed E-state index contributed by atoms with van der Waals surface area (Å²) in [5.41, 5.74) is 0. The number of ether oxygens (including phenoxy) is 1. The molecular weight excluding hydrogens is 396 g/mol. The van der Waals surface area contributed by atoms with E-state index in [1.807, 2.05) is 4.90 Å². The first-order chi connectivity index (χ1) is 15.0. The van der Waals surface area contributed by atoms with Gasteiger partial charge in [0, 0.05) is 59.9 Å². The van der Waals surface area contributed by atoms with E-state index in [1.165, 1.54) is 32.1 Å². The van der Waals surface area contributed by atoms with E-state index < -0.39 is 0 Å². The fourth-order valence-corrected chi connectivity index (χ4v) is 4.40. The maximum absolute atomic E-state index is 12.5. The zero-order valence-electron chi connectivity index (χ0n) is 19.4. The largest absolute Gasteiger partial charge is 0.378 e. The lowest BCUT2D eigenvalue weighted by Crippen LogP contribution is -2.55. The van der Waals surface area contributed by atoms with E-state index in [9.17, 15) is 9.59 Å². The molecule has 3 fully saturated rings. The van der Waals surface area contributed by atoms with Crippen LogP contribution in [0.2, 0.25) is 0 Å². The molecule has 0 unspecified atom stereocenters. The number of rotatable bonds is 6. The molecule has 0 bridgehead atoms. The Morgan fingerprint density at radius 1 is 0.968 bits per heavy atom. The van der Waals surface area contributed by atoms with Gasteiger partial charge >= 0.3 is 0 Å². The van der Waals surface area contributed by atoms with Crippen LogP contribution >= 0.6 is 0 Å². The zero-order valence-corrected chi connectivity index (χ0v) is 19.4. The van der Waals surface area contributed by atoms with Crippen molar-refractivity contribution < 1.29 is 14.3 Å². The Hall–Kier alpha value is -1.87. The van der Waals surface area contributed by atoms with Gasteiger partial charge in [0.2, 0.25) is 11.8 Å². The molecule has 3 rings (SSSR count). The Kier molecular flexibility index (Phi) is 9.39. The number of carbonyl (C=O) groups is 2. The molecule has 9 nitrogen and oxygen atoms in total. The summed E-state index contributed by atoms with van der Waals surface area (Å²) >= 11 is 0. The molecule has 1 saturated carbocycles. The smallest absolute Gasteiger partial charge is 0.243 e. The van der Waals surface area contributed by atoms with Crippen LogP contribution in [-0.4, -0.2) is 124 Å². The van der Waals surface area contributed by atoms with Crippen molar-refractivity contribution >= 4 is 17.8 Å². The number of hydrogen-bond acceptors (Lipinski definition) is 5. The third-order valence-corrected chi connectivity index (χ3v) is 6.53. The molecule has 176 valence electrons. The monoisotopic (exact) mass is 436 g/mol. The van der Waals surface area contributed by atoms with Crippen molar-refractivity contribution in [3.63, 3.8) is 0 Å². The van der Waals surface area contributed by atoms with Gasteiger partial charge in [0.25, 0.3) is 0 Å².